The molecule has 1 aliphatic rings. The van der Waals surface area contributed by atoms with Gasteiger partial charge in [-0.05, 0) is 30.9 Å². The predicted octanol–water partition coefficient (Wildman–Crippen LogP) is 4.69. The second-order valence-electron chi connectivity index (χ2n) is 6.71. The summed E-state index contributed by atoms with van der Waals surface area (Å²) in [5.74, 6) is 3.32. The van der Waals surface area contributed by atoms with Crippen molar-refractivity contribution in [1.82, 2.24) is 19.9 Å². The molecular weight excluding hydrogens is 322 g/mol. The topological polar surface area (TPSA) is 66.5 Å². The van der Waals surface area contributed by atoms with E-state index in [1.54, 1.807) is 6.07 Å². The Morgan fingerprint density at radius 2 is 1.96 bits per heavy atom. The number of aromatic nitrogens is 4. The van der Waals surface area contributed by atoms with E-state index in [0.29, 0.717) is 17.0 Å². The summed E-state index contributed by atoms with van der Waals surface area (Å²) >= 11 is 6.18. The molecule has 6 heteroatoms. The highest BCUT2D eigenvalue weighted by atomic mass is 35.5. The smallest absolute Gasteiger partial charge is 0.135 e. The molecule has 3 aromatic rings. The second kappa shape index (κ2) is 6.06. The summed E-state index contributed by atoms with van der Waals surface area (Å²) in [5, 5.41) is 3.98. The Morgan fingerprint density at radius 3 is 2.67 bits per heavy atom. The number of benzene rings is 1. The van der Waals surface area contributed by atoms with Crippen molar-refractivity contribution in [2.45, 2.75) is 38.6 Å². The highest BCUT2D eigenvalue weighted by Crippen LogP contribution is 2.39. The van der Waals surface area contributed by atoms with Crippen molar-refractivity contribution in [2.75, 3.05) is 5.32 Å². The minimum atomic E-state index is 0.0235. The number of aromatic amines is 1. The van der Waals surface area contributed by atoms with Crippen molar-refractivity contribution < 1.29 is 0 Å². The molecule has 124 valence electrons. The number of imidazole rings is 1. The van der Waals surface area contributed by atoms with Crippen LogP contribution in [0.1, 0.15) is 50.3 Å². The van der Waals surface area contributed by atoms with E-state index in [1.165, 1.54) is 0 Å². The molecule has 0 unspecified atom stereocenters. The van der Waals surface area contributed by atoms with Crippen LogP contribution in [0.2, 0.25) is 5.15 Å². The fourth-order valence-electron chi connectivity index (χ4n) is 2.86. The molecule has 0 radical (unpaired) electrons. The number of halogens is 1. The van der Waals surface area contributed by atoms with Crippen LogP contribution < -0.4 is 5.32 Å². The van der Waals surface area contributed by atoms with Crippen LogP contribution in [0.5, 0.6) is 0 Å². The Labute approximate surface area is 145 Å². The minimum Gasteiger partial charge on any atom is -0.360 e. The third kappa shape index (κ3) is 3.08. The summed E-state index contributed by atoms with van der Waals surface area (Å²) in [6, 6.07) is 9.86. The van der Waals surface area contributed by atoms with E-state index in [9.17, 15) is 0 Å². The fourth-order valence-corrected chi connectivity index (χ4v) is 3.05. The third-order valence-corrected chi connectivity index (χ3v) is 4.52. The molecule has 5 nitrogen and oxygen atoms in total. The van der Waals surface area contributed by atoms with Crippen LogP contribution in [0.25, 0.3) is 11.0 Å². The Balaban J connectivity index is 1.66. The molecule has 4 rings (SSSR count). The maximum Gasteiger partial charge on any atom is 0.135 e. The molecule has 0 aliphatic heterocycles. The standard InChI is InChI=1S/C18H20ClN5/c1-10(2)16(18-20-12-5-3-4-6-13(12)21-18)23-15-9-14(19)22-17(24-15)11-7-8-11/h3-6,9-11,16H,7-8H2,1-2H3,(H,20,21)(H,22,23,24)/t16-/m1/s1. The van der Waals surface area contributed by atoms with Crippen LogP contribution in [0.15, 0.2) is 30.3 Å². The summed E-state index contributed by atoms with van der Waals surface area (Å²) in [5.41, 5.74) is 2.01. The van der Waals surface area contributed by atoms with E-state index in [4.69, 9.17) is 16.6 Å². The Kier molecular flexibility index (Phi) is 3.88. The summed E-state index contributed by atoms with van der Waals surface area (Å²) in [6.07, 6.45) is 2.30. The molecule has 24 heavy (non-hydrogen) atoms. The zero-order valence-corrected chi connectivity index (χ0v) is 14.5. The monoisotopic (exact) mass is 341 g/mol. The van der Waals surface area contributed by atoms with E-state index >= 15 is 0 Å². The molecule has 2 aromatic heterocycles. The maximum atomic E-state index is 6.18. The van der Waals surface area contributed by atoms with E-state index in [1.807, 2.05) is 24.3 Å². The lowest BCUT2D eigenvalue weighted by atomic mass is 10.0. The van der Waals surface area contributed by atoms with E-state index in [-0.39, 0.29) is 6.04 Å². The second-order valence-corrected chi connectivity index (χ2v) is 7.10. The van der Waals surface area contributed by atoms with Crippen LogP contribution in [0.3, 0.4) is 0 Å². The van der Waals surface area contributed by atoms with Gasteiger partial charge in [0.05, 0.1) is 17.1 Å². The number of para-hydroxylation sites is 2. The van der Waals surface area contributed by atoms with E-state index in [0.717, 1.165) is 41.3 Å². The molecule has 1 atom stereocenters. The van der Waals surface area contributed by atoms with Gasteiger partial charge in [-0.2, -0.15) is 0 Å². The summed E-state index contributed by atoms with van der Waals surface area (Å²) < 4.78 is 0. The highest BCUT2D eigenvalue weighted by Gasteiger charge is 2.28. The van der Waals surface area contributed by atoms with Gasteiger partial charge in [-0.3, -0.25) is 0 Å². The fraction of sp³-hybridized carbons (Fsp3) is 0.389. The first-order valence-corrected chi connectivity index (χ1v) is 8.73. The molecule has 0 spiro atoms. The molecule has 1 saturated carbocycles. The number of hydrogen-bond acceptors (Lipinski definition) is 4. The molecule has 1 aliphatic carbocycles. The SMILES string of the molecule is CC(C)[C@@H](Nc1cc(Cl)nc(C2CC2)n1)c1nc2ccccc2[nH]1. The molecular formula is C18H20ClN5. The number of H-pyrrole nitrogens is 1. The Bertz CT molecular complexity index is 836. The van der Waals surface area contributed by atoms with Gasteiger partial charge in [-0.15, -0.1) is 0 Å². The lowest BCUT2D eigenvalue weighted by Crippen LogP contribution is -2.19. The average Bonchev–Trinajstić information content (AvgIpc) is 3.31. The minimum absolute atomic E-state index is 0.0235. The number of fused-ring (bicyclic) bond motifs is 1. The van der Waals surface area contributed by atoms with E-state index < -0.39 is 0 Å². The zero-order valence-electron chi connectivity index (χ0n) is 13.8. The maximum absolute atomic E-state index is 6.18. The Hall–Kier alpha value is -2.14. The van der Waals surface area contributed by atoms with Gasteiger partial charge in [0.1, 0.15) is 22.6 Å². The number of nitrogens with one attached hydrogen (secondary N) is 2. The average molecular weight is 342 g/mol. The van der Waals surface area contributed by atoms with Gasteiger partial charge in [0.2, 0.25) is 0 Å². The largest absolute Gasteiger partial charge is 0.360 e. The van der Waals surface area contributed by atoms with Gasteiger partial charge in [-0.1, -0.05) is 37.6 Å². The van der Waals surface area contributed by atoms with Crippen LogP contribution in [-0.4, -0.2) is 19.9 Å². The Morgan fingerprint density at radius 1 is 1.17 bits per heavy atom. The third-order valence-electron chi connectivity index (χ3n) is 4.33. The van der Waals surface area contributed by atoms with Crippen molar-refractivity contribution in [3.8, 4) is 0 Å². The molecule has 0 amide bonds. The first-order chi connectivity index (χ1) is 11.6. The van der Waals surface area contributed by atoms with Crippen molar-refractivity contribution in [3.05, 3.63) is 47.1 Å². The molecule has 1 fully saturated rings. The van der Waals surface area contributed by atoms with Crippen LogP contribution in [0, 0.1) is 5.92 Å². The predicted molar refractivity (Wildman–Crippen MR) is 96.3 cm³/mol. The number of rotatable bonds is 5. The van der Waals surface area contributed by atoms with Crippen LogP contribution >= 0.6 is 11.6 Å². The molecule has 1 aromatic carbocycles. The molecule has 0 saturated heterocycles. The van der Waals surface area contributed by atoms with Crippen molar-refractivity contribution in [3.63, 3.8) is 0 Å². The first kappa shape index (κ1) is 15.4. The van der Waals surface area contributed by atoms with Gasteiger partial charge in [0.15, 0.2) is 0 Å². The lowest BCUT2D eigenvalue weighted by Gasteiger charge is -2.21. The lowest BCUT2D eigenvalue weighted by molar-refractivity contribution is 0.525. The highest BCUT2D eigenvalue weighted by molar-refractivity contribution is 6.29. The van der Waals surface area contributed by atoms with Gasteiger partial charge in [-0.25, -0.2) is 15.0 Å². The number of anilines is 1. The van der Waals surface area contributed by atoms with Crippen molar-refractivity contribution in [2.24, 2.45) is 5.92 Å². The van der Waals surface area contributed by atoms with Crippen LogP contribution in [-0.2, 0) is 0 Å². The van der Waals surface area contributed by atoms with Crippen LogP contribution in [0.4, 0.5) is 5.82 Å². The first-order valence-electron chi connectivity index (χ1n) is 8.36. The molecule has 2 N–H and O–H groups in total. The van der Waals surface area contributed by atoms with Crippen molar-refractivity contribution in [1.29, 1.82) is 0 Å². The van der Waals surface area contributed by atoms with Gasteiger partial charge >= 0.3 is 0 Å². The number of hydrogen-bond donors (Lipinski definition) is 2. The van der Waals surface area contributed by atoms with Gasteiger partial charge < -0.3 is 10.3 Å². The summed E-state index contributed by atoms with van der Waals surface area (Å²) in [7, 11) is 0. The summed E-state index contributed by atoms with van der Waals surface area (Å²) in [4.78, 5) is 17.1. The quantitative estimate of drug-likeness (QED) is 0.660. The normalized spacial score (nSPS) is 15.8. The van der Waals surface area contributed by atoms with Gasteiger partial charge in [0, 0.05) is 12.0 Å². The van der Waals surface area contributed by atoms with E-state index in [2.05, 4.69) is 34.1 Å². The summed E-state index contributed by atoms with van der Waals surface area (Å²) in [6.45, 7) is 4.32. The molecule has 0 bridgehead atoms. The zero-order chi connectivity index (χ0) is 16.7. The number of nitrogens with zero attached hydrogens (tertiary/aromatic N) is 3. The molecule has 2 heterocycles. The van der Waals surface area contributed by atoms with Crippen molar-refractivity contribution >= 4 is 28.5 Å². The van der Waals surface area contributed by atoms with Gasteiger partial charge in [0.25, 0.3) is 0 Å².